The second kappa shape index (κ2) is 6.73. The topological polar surface area (TPSA) is 80.0 Å². The van der Waals surface area contributed by atoms with Gasteiger partial charge in [-0.1, -0.05) is 6.92 Å². The zero-order valence-electron chi connectivity index (χ0n) is 10.4. The van der Waals surface area contributed by atoms with Crippen molar-refractivity contribution in [2.75, 3.05) is 24.1 Å². The first-order valence-corrected chi connectivity index (χ1v) is 5.86. The number of aromatic nitrogens is 1. The van der Waals surface area contributed by atoms with Gasteiger partial charge in [0.2, 0.25) is 5.91 Å². The van der Waals surface area contributed by atoms with E-state index in [1.54, 1.807) is 6.20 Å². The summed E-state index contributed by atoms with van der Waals surface area (Å²) in [5, 5.41) is 5.86. The van der Waals surface area contributed by atoms with Crippen molar-refractivity contribution < 1.29 is 4.79 Å². The Labute approximate surface area is 102 Å². The summed E-state index contributed by atoms with van der Waals surface area (Å²) < 4.78 is 0. The minimum absolute atomic E-state index is 0.0463. The fourth-order valence-corrected chi connectivity index (χ4v) is 1.39. The summed E-state index contributed by atoms with van der Waals surface area (Å²) in [5.41, 5.74) is 7.43. The van der Waals surface area contributed by atoms with Crippen molar-refractivity contribution >= 4 is 17.4 Å². The van der Waals surface area contributed by atoms with Crippen LogP contribution in [0.2, 0.25) is 0 Å². The smallest absolute Gasteiger partial charge is 0.221 e. The Morgan fingerprint density at radius 2 is 2.24 bits per heavy atom. The highest BCUT2D eigenvalue weighted by Crippen LogP contribution is 2.15. The molecule has 0 aliphatic carbocycles. The molecule has 17 heavy (non-hydrogen) atoms. The minimum atomic E-state index is 0.0463. The Hall–Kier alpha value is -1.78. The molecule has 0 radical (unpaired) electrons. The number of aryl methyl sites for hydroxylation is 1. The number of nitrogens with zero attached hydrogens (tertiary/aromatic N) is 1. The Bertz CT molecular complexity index is 379. The summed E-state index contributed by atoms with van der Waals surface area (Å²) in [7, 11) is 0. The largest absolute Gasteiger partial charge is 0.396 e. The van der Waals surface area contributed by atoms with Crippen LogP contribution >= 0.6 is 0 Å². The molecular formula is C12H20N4O. The third-order valence-corrected chi connectivity index (χ3v) is 2.27. The molecule has 5 heteroatoms. The van der Waals surface area contributed by atoms with Crippen LogP contribution in [0.15, 0.2) is 12.3 Å². The molecule has 0 saturated carbocycles. The summed E-state index contributed by atoms with van der Waals surface area (Å²) in [4.78, 5) is 15.5. The quantitative estimate of drug-likeness (QED) is 0.695. The van der Waals surface area contributed by atoms with Gasteiger partial charge in [-0.25, -0.2) is 4.98 Å². The lowest BCUT2D eigenvalue weighted by molar-refractivity contribution is -0.120. The number of amides is 1. The molecule has 5 nitrogen and oxygen atoms in total. The van der Waals surface area contributed by atoms with Crippen LogP contribution in [0.3, 0.4) is 0 Å². The fourth-order valence-electron chi connectivity index (χ4n) is 1.39. The standard InChI is InChI=1S/C12H20N4O/c1-3-5-14-11(17)4-6-15-12-10(13)7-9(2)8-16-12/h7-8H,3-6,13H2,1-2H3,(H,14,17)(H,15,16). The van der Waals surface area contributed by atoms with Crippen molar-refractivity contribution in [2.24, 2.45) is 0 Å². The highest BCUT2D eigenvalue weighted by molar-refractivity contribution is 5.76. The highest BCUT2D eigenvalue weighted by Gasteiger charge is 2.02. The molecule has 0 aliphatic rings. The number of anilines is 2. The number of nitrogen functional groups attached to an aromatic ring is 1. The number of nitrogens with one attached hydrogen (secondary N) is 2. The minimum Gasteiger partial charge on any atom is -0.396 e. The molecule has 0 fully saturated rings. The van der Waals surface area contributed by atoms with Crippen LogP contribution in [0.5, 0.6) is 0 Å². The zero-order chi connectivity index (χ0) is 12.7. The van der Waals surface area contributed by atoms with Gasteiger partial charge in [0, 0.05) is 25.7 Å². The van der Waals surface area contributed by atoms with Crippen LogP contribution in [0, 0.1) is 6.92 Å². The second-order valence-corrected chi connectivity index (χ2v) is 3.98. The van der Waals surface area contributed by atoms with E-state index < -0.39 is 0 Å². The maximum Gasteiger partial charge on any atom is 0.221 e. The van der Waals surface area contributed by atoms with Gasteiger partial charge in [-0.05, 0) is 25.0 Å². The van der Waals surface area contributed by atoms with E-state index in [-0.39, 0.29) is 5.91 Å². The fraction of sp³-hybridized carbons (Fsp3) is 0.500. The van der Waals surface area contributed by atoms with Crippen molar-refractivity contribution in [3.05, 3.63) is 17.8 Å². The van der Waals surface area contributed by atoms with Gasteiger partial charge in [-0.3, -0.25) is 4.79 Å². The predicted molar refractivity (Wildman–Crippen MR) is 69.8 cm³/mol. The molecule has 1 rings (SSSR count). The molecule has 0 saturated heterocycles. The van der Waals surface area contributed by atoms with Crippen LogP contribution in [0.4, 0.5) is 11.5 Å². The van der Waals surface area contributed by atoms with Crippen molar-refractivity contribution in [2.45, 2.75) is 26.7 Å². The van der Waals surface area contributed by atoms with E-state index in [0.717, 1.165) is 18.5 Å². The second-order valence-electron chi connectivity index (χ2n) is 3.98. The average Bonchev–Trinajstić information content (AvgIpc) is 2.29. The summed E-state index contributed by atoms with van der Waals surface area (Å²) in [6.07, 6.45) is 3.12. The van der Waals surface area contributed by atoms with E-state index in [9.17, 15) is 4.79 Å². The molecule has 0 aromatic carbocycles. The molecular weight excluding hydrogens is 216 g/mol. The van der Waals surface area contributed by atoms with E-state index >= 15 is 0 Å². The SMILES string of the molecule is CCCNC(=O)CCNc1ncc(C)cc1N. The molecule has 0 bridgehead atoms. The summed E-state index contributed by atoms with van der Waals surface area (Å²) in [6.45, 7) is 5.22. The van der Waals surface area contributed by atoms with Crippen molar-refractivity contribution in [3.8, 4) is 0 Å². The molecule has 0 spiro atoms. The van der Waals surface area contributed by atoms with E-state index in [4.69, 9.17) is 5.73 Å². The first kappa shape index (κ1) is 13.3. The normalized spacial score (nSPS) is 10.0. The molecule has 1 aromatic heterocycles. The number of nitrogens with two attached hydrogens (primary N) is 1. The van der Waals surface area contributed by atoms with Crippen molar-refractivity contribution in [1.29, 1.82) is 0 Å². The van der Waals surface area contributed by atoms with Crippen molar-refractivity contribution in [3.63, 3.8) is 0 Å². The van der Waals surface area contributed by atoms with Gasteiger partial charge in [0.25, 0.3) is 0 Å². The van der Waals surface area contributed by atoms with Gasteiger partial charge in [-0.2, -0.15) is 0 Å². The molecule has 4 N–H and O–H groups in total. The maximum atomic E-state index is 11.3. The molecule has 0 aliphatic heterocycles. The molecule has 1 amide bonds. The van der Waals surface area contributed by atoms with Crippen LogP contribution in [0.25, 0.3) is 0 Å². The Morgan fingerprint density at radius 3 is 2.88 bits per heavy atom. The van der Waals surface area contributed by atoms with Gasteiger partial charge in [0.15, 0.2) is 0 Å². The van der Waals surface area contributed by atoms with Gasteiger partial charge in [0.05, 0.1) is 5.69 Å². The van der Waals surface area contributed by atoms with Gasteiger partial charge in [-0.15, -0.1) is 0 Å². The Balaban J connectivity index is 2.33. The lowest BCUT2D eigenvalue weighted by Crippen LogP contribution is -2.26. The van der Waals surface area contributed by atoms with Crippen LogP contribution in [0.1, 0.15) is 25.3 Å². The average molecular weight is 236 g/mol. The van der Waals surface area contributed by atoms with Crippen LogP contribution < -0.4 is 16.4 Å². The van der Waals surface area contributed by atoms with E-state index in [0.29, 0.717) is 24.5 Å². The summed E-state index contributed by atoms with van der Waals surface area (Å²) in [5.74, 6) is 0.684. The zero-order valence-corrected chi connectivity index (χ0v) is 10.4. The first-order chi connectivity index (χ1) is 8.13. The number of carbonyl (C=O) groups excluding carboxylic acids is 1. The molecule has 1 aromatic rings. The number of carbonyl (C=O) groups is 1. The number of rotatable bonds is 6. The number of hydrogen-bond acceptors (Lipinski definition) is 4. The lowest BCUT2D eigenvalue weighted by atomic mass is 10.3. The van der Waals surface area contributed by atoms with E-state index in [1.165, 1.54) is 0 Å². The third kappa shape index (κ3) is 4.72. The third-order valence-electron chi connectivity index (χ3n) is 2.27. The maximum absolute atomic E-state index is 11.3. The van der Waals surface area contributed by atoms with E-state index in [1.807, 2.05) is 19.9 Å². The van der Waals surface area contributed by atoms with E-state index in [2.05, 4.69) is 15.6 Å². The Morgan fingerprint density at radius 1 is 1.47 bits per heavy atom. The predicted octanol–water partition coefficient (Wildman–Crippen LogP) is 1.30. The van der Waals surface area contributed by atoms with Crippen molar-refractivity contribution in [1.82, 2.24) is 10.3 Å². The Kier molecular flexibility index (Phi) is 5.26. The highest BCUT2D eigenvalue weighted by atomic mass is 16.1. The summed E-state index contributed by atoms with van der Waals surface area (Å²) in [6, 6.07) is 1.85. The molecule has 0 atom stereocenters. The lowest BCUT2D eigenvalue weighted by Gasteiger charge is -2.08. The van der Waals surface area contributed by atoms with Crippen LogP contribution in [-0.2, 0) is 4.79 Å². The number of pyridine rings is 1. The molecule has 1 heterocycles. The van der Waals surface area contributed by atoms with Gasteiger partial charge in [0.1, 0.15) is 5.82 Å². The van der Waals surface area contributed by atoms with Crippen LogP contribution in [-0.4, -0.2) is 24.0 Å². The molecule has 94 valence electrons. The first-order valence-electron chi connectivity index (χ1n) is 5.86. The molecule has 0 unspecified atom stereocenters. The van der Waals surface area contributed by atoms with Gasteiger partial charge >= 0.3 is 0 Å². The monoisotopic (exact) mass is 236 g/mol. The summed E-state index contributed by atoms with van der Waals surface area (Å²) >= 11 is 0. The number of hydrogen-bond donors (Lipinski definition) is 3. The van der Waals surface area contributed by atoms with Gasteiger partial charge < -0.3 is 16.4 Å².